The van der Waals surface area contributed by atoms with Gasteiger partial charge in [0, 0.05) is 12.5 Å². The Labute approximate surface area is 111 Å². The van der Waals surface area contributed by atoms with Gasteiger partial charge >= 0.3 is 5.97 Å². The summed E-state index contributed by atoms with van der Waals surface area (Å²) in [4.78, 5) is 26.6. The van der Waals surface area contributed by atoms with Crippen LogP contribution in [0.25, 0.3) is 0 Å². The van der Waals surface area contributed by atoms with Crippen molar-refractivity contribution in [3.63, 3.8) is 0 Å². The van der Waals surface area contributed by atoms with Crippen molar-refractivity contribution < 1.29 is 19.4 Å². The van der Waals surface area contributed by atoms with Gasteiger partial charge in [-0.15, -0.1) is 0 Å². The Bertz CT molecular complexity index is 494. The van der Waals surface area contributed by atoms with Crippen molar-refractivity contribution in [1.29, 1.82) is 0 Å². The maximum atomic E-state index is 11.5. The van der Waals surface area contributed by atoms with Gasteiger partial charge < -0.3 is 9.84 Å². The van der Waals surface area contributed by atoms with Gasteiger partial charge in [0.1, 0.15) is 17.2 Å². The lowest BCUT2D eigenvalue weighted by Gasteiger charge is -2.03. The van der Waals surface area contributed by atoms with Crippen molar-refractivity contribution in [3.8, 4) is 5.75 Å². The largest absolute Gasteiger partial charge is 0.497 e. The van der Waals surface area contributed by atoms with Crippen molar-refractivity contribution >= 4 is 23.2 Å². The van der Waals surface area contributed by atoms with Crippen molar-refractivity contribution in [2.24, 2.45) is 4.99 Å². The Balaban J connectivity index is 2.94. The number of carboxylic acid groups (broad SMARTS) is 1. The number of carbonyl (C=O) groups is 2. The summed E-state index contributed by atoms with van der Waals surface area (Å²) in [6.45, 7) is 1.87. The molecule has 0 spiro atoms. The van der Waals surface area contributed by atoms with Gasteiger partial charge in [-0.1, -0.05) is 13.0 Å². The van der Waals surface area contributed by atoms with E-state index in [1.54, 1.807) is 24.3 Å². The third-order valence-corrected chi connectivity index (χ3v) is 2.46. The number of ether oxygens (including phenoxy) is 1. The molecule has 0 saturated heterocycles. The molecule has 0 saturated carbocycles. The van der Waals surface area contributed by atoms with Gasteiger partial charge in [-0.05, 0) is 18.6 Å². The summed E-state index contributed by atoms with van der Waals surface area (Å²) in [5.74, 6) is -0.704. The number of carbonyl (C=O) groups excluding carboxylic acids is 1. The van der Waals surface area contributed by atoms with Gasteiger partial charge in [0.15, 0.2) is 0 Å². The lowest BCUT2D eigenvalue weighted by atomic mass is 10.1. The summed E-state index contributed by atoms with van der Waals surface area (Å²) >= 11 is 0. The molecule has 0 aromatic heterocycles. The summed E-state index contributed by atoms with van der Waals surface area (Å²) in [5, 5.41) is 9.06. The maximum Gasteiger partial charge on any atom is 0.350 e. The predicted octanol–water partition coefficient (Wildman–Crippen LogP) is 2.61. The minimum atomic E-state index is -1.17. The molecule has 0 heterocycles. The van der Waals surface area contributed by atoms with Crippen LogP contribution in [-0.4, -0.2) is 29.7 Å². The number of ketones is 1. The number of methoxy groups -OCH3 is 1. The fraction of sp³-hybridized carbons (Fsp3) is 0.357. The zero-order valence-corrected chi connectivity index (χ0v) is 11.0. The lowest BCUT2D eigenvalue weighted by molar-refractivity contribution is -0.130. The second-order valence-corrected chi connectivity index (χ2v) is 4.03. The van der Waals surface area contributed by atoms with E-state index in [1.807, 2.05) is 6.92 Å². The number of aliphatic imine (C=N–C) groups is 1. The van der Waals surface area contributed by atoms with Crippen LogP contribution in [0.1, 0.15) is 26.2 Å². The number of rotatable bonds is 7. The molecule has 0 aliphatic rings. The SMILES string of the molecule is CCCC(=O)CC(=Nc1cccc(OC)c1)C(=O)O. The molecular formula is C14H17NO4. The molecule has 1 aromatic rings. The number of aliphatic carboxylic acids is 1. The molecule has 0 bridgehead atoms. The monoisotopic (exact) mass is 263 g/mol. The molecule has 19 heavy (non-hydrogen) atoms. The molecule has 0 aliphatic heterocycles. The molecule has 1 rings (SSSR count). The fourth-order valence-electron chi connectivity index (χ4n) is 1.55. The van der Waals surface area contributed by atoms with Crippen LogP contribution < -0.4 is 4.74 Å². The first kappa shape index (κ1) is 14.9. The smallest absolute Gasteiger partial charge is 0.350 e. The van der Waals surface area contributed by atoms with Gasteiger partial charge in [-0.2, -0.15) is 0 Å². The van der Waals surface area contributed by atoms with Gasteiger partial charge in [0.25, 0.3) is 0 Å². The summed E-state index contributed by atoms with van der Waals surface area (Å²) in [7, 11) is 1.52. The van der Waals surface area contributed by atoms with Crippen LogP contribution in [0.5, 0.6) is 5.75 Å². The van der Waals surface area contributed by atoms with E-state index in [0.29, 0.717) is 24.3 Å². The lowest BCUT2D eigenvalue weighted by Crippen LogP contribution is -2.17. The Morgan fingerprint density at radius 1 is 1.37 bits per heavy atom. The molecule has 1 N–H and O–H groups in total. The van der Waals surface area contributed by atoms with E-state index in [0.717, 1.165) is 0 Å². The first-order chi connectivity index (χ1) is 9.06. The zero-order valence-electron chi connectivity index (χ0n) is 11.0. The third-order valence-electron chi connectivity index (χ3n) is 2.46. The molecule has 0 atom stereocenters. The average molecular weight is 263 g/mol. The normalized spacial score (nSPS) is 11.2. The van der Waals surface area contributed by atoms with E-state index < -0.39 is 5.97 Å². The highest BCUT2D eigenvalue weighted by Gasteiger charge is 2.14. The quantitative estimate of drug-likeness (QED) is 0.767. The van der Waals surface area contributed by atoms with Crippen LogP contribution in [-0.2, 0) is 9.59 Å². The standard InChI is InChI=1S/C14H17NO4/c1-3-5-11(16)9-13(14(17)18)15-10-6-4-7-12(8-10)19-2/h4,6-8H,3,5,9H2,1-2H3,(H,17,18). The van der Waals surface area contributed by atoms with Gasteiger partial charge in [0.05, 0.1) is 19.2 Å². The summed E-state index contributed by atoms with van der Waals surface area (Å²) in [6, 6.07) is 6.73. The van der Waals surface area contributed by atoms with Crippen LogP contribution in [0.2, 0.25) is 0 Å². The number of benzene rings is 1. The minimum Gasteiger partial charge on any atom is -0.497 e. The zero-order chi connectivity index (χ0) is 14.3. The molecule has 0 fully saturated rings. The Kier molecular flexibility index (Phi) is 5.73. The highest BCUT2D eigenvalue weighted by Crippen LogP contribution is 2.20. The summed E-state index contributed by atoms with van der Waals surface area (Å²) in [5.41, 5.74) is 0.313. The highest BCUT2D eigenvalue weighted by molar-refractivity contribution is 6.39. The van der Waals surface area contributed by atoms with Gasteiger partial charge in [0.2, 0.25) is 0 Å². The number of hydrogen-bond donors (Lipinski definition) is 1. The van der Waals surface area contributed by atoms with Crippen molar-refractivity contribution in [3.05, 3.63) is 24.3 Å². The first-order valence-electron chi connectivity index (χ1n) is 6.03. The van der Waals surface area contributed by atoms with E-state index in [-0.39, 0.29) is 17.9 Å². The fourth-order valence-corrected chi connectivity index (χ4v) is 1.55. The summed E-state index contributed by atoms with van der Waals surface area (Å²) in [6.07, 6.45) is 0.912. The van der Waals surface area contributed by atoms with Crippen molar-refractivity contribution in [1.82, 2.24) is 0 Å². The molecule has 5 heteroatoms. The average Bonchev–Trinajstić information content (AvgIpc) is 2.38. The van der Waals surface area contributed by atoms with Crippen molar-refractivity contribution in [2.45, 2.75) is 26.2 Å². The van der Waals surface area contributed by atoms with E-state index in [2.05, 4.69) is 4.99 Å². The van der Waals surface area contributed by atoms with Crippen LogP contribution in [0, 0.1) is 0 Å². The van der Waals surface area contributed by atoms with Gasteiger partial charge in [-0.25, -0.2) is 9.79 Å². The molecule has 1 aromatic carbocycles. The molecular weight excluding hydrogens is 246 g/mol. The van der Waals surface area contributed by atoms with E-state index in [1.165, 1.54) is 7.11 Å². The van der Waals surface area contributed by atoms with E-state index >= 15 is 0 Å². The predicted molar refractivity (Wildman–Crippen MR) is 72.3 cm³/mol. The maximum absolute atomic E-state index is 11.5. The van der Waals surface area contributed by atoms with Crippen LogP contribution in [0.15, 0.2) is 29.3 Å². The Morgan fingerprint density at radius 2 is 2.11 bits per heavy atom. The van der Waals surface area contributed by atoms with E-state index in [4.69, 9.17) is 9.84 Å². The number of carboxylic acids is 1. The molecule has 5 nitrogen and oxygen atoms in total. The number of Topliss-reactive ketones (excluding diaryl/α,β-unsaturated/α-hetero) is 1. The highest BCUT2D eigenvalue weighted by atomic mass is 16.5. The van der Waals surface area contributed by atoms with Crippen molar-refractivity contribution in [2.75, 3.05) is 7.11 Å². The third kappa shape index (κ3) is 4.91. The summed E-state index contributed by atoms with van der Waals surface area (Å²) < 4.78 is 5.03. The molecule has 0 aliphatic carbocycles. The first-order valence-corrected chi connectivity index (χ1v) is 6.03. The Hall–Kier alpha value is -2.17. The number of hydrogen-bond acceptors (Lipinski definition) is 4. The van der Waals surface area contributed by atoms with E-state index in [9.17, 15) is 9.59 Å². The Morgan fingerprint density at radius 3 is 2.68 bits per heavy atom. The van der Waals surface area contributed by atoms with Crippen LogP contribution in [0.4, 0.5) is 5.69 Å². The van der Waals surface area contributed by atoms with Crippen LogP contribution in [0.3, 0.4) is 0 Å². The molecule has 0 radical (unpaired) electrons. The van der Waals surface area contributed by atoms with Crippen LogP contribution >= 0.6 is 0 Å². The minimum absolute atomic E-state index is 0.119. The second-order valence-electron chi connectivity index (χ2n) is 4.03. The van der Waals surface area contributed by atoms with Gasteiger partial charge in [-0.3, -0.25) is 4.79 Å². The topological polar surface area (TPSA) is 76.0 Å². The second kappa shape index (κ2) is 7.31. The molecule has 0 unspecified atom stereocenters. The number of nitrogens with zero attached hydrogens (tertiary/aromatic N) is 1. The molecule has 0 amide bonds. The molecule has 102 valence electrons.